The summed E-state index contributed by atoms with van der Waals surface area (Å²) < 4.78 is 14.3. The summed E-state index contributed by atoms with van der Waals surface area (Å²) in [6, 6.07) is 17.4. The maximum Gasteiger partial charge on any atom is 0.272 e. The Hall–Kier alpha value is -3.65. The Labute approximate surface area is 211 Å². The van der Waals surface area contributed by atoms with Crippen molar-refractivity contribution in [3.63, 3.8) is 0 Å². The third-order valence-electron chi connectivity index (χ3n) is 6.76. The summed E-state index contributed by atoms with van der Waals surface area (Å²) >= 11 is 0. The second-order valence-electron chi connectivity index (χ2n) is 9.02. The van der Waals surface area contributed by atoms with E-state index in [4.69, 9.17) is 0 Å². The highest BCUT2D eigenvalue weighted by molar-refractivity contribution is 5.96. The van der Waals surface area contributed by atoms with E-state index < -0.39 is 11.7 Å². The summed E-state index contributed by atoms with van der Waals surface area (Å²) in [7, 11) is 0. The van der Waals surface area contributed by atoms with Gasteiger partial charge in [0.05, 0.1) is 17.3 Å². The highest BCUT2D eigenvalue weighted by Gasteiger charge is 2.28. The van der Waals surface area contributed by atoms with E-state index in [1.807, 2.05) is 43.3 Å². The molecule has 36 heavy (non-hydrogen) atoms. The summed E-state index contributed by atoms with van der Waals surface area (Å²) in [6.45, 7) is 7.79. The third-order valence-corrected chi connectivity index (χ3v) is 6.76. The molecule has 1 fully saturated rings. The average molecular weight is 492 g/mol. The number of rotatable bonds is 9. The van der Waals surface area contributed by atoms with E-state index in [0.717, 1.165) is 38.2 Å². The van der Waals surface area contributed by atoms with Gasteiger partial charge in [0.2, 0.25) is 0 Å². The standard InChI is InChI=1S/C28H34FN5O2/c1-3-33(4-2)28(36)21-11-13-23(14-12-21)34(31-27(35)25-9-5-6-10-26(25)29)24-15-18-32(19-16-24)20-22-8-7-17-30-22/h5-14,17,24,30H,3-4,15-16,18-20H2,1-2H3,(H,31,35). The lowest BCUT2D eigenvalue weighted by Crippen LogP contribution is -2.53. The third kappa shape index (κ3) is 5.94. The second-order valence-corrected chi connectivity index (χ2v) is 9.02. The average Bonchev–Trinajstić information content (AvgIpc) is 3.42. The Morgan fingerprint density at radius 2 is 1.69 bits per heavy atom. The van der Waals surface area contributed by atoms with Crippen LogP contribution in [0.15, 0.2) is 66.9 Å². The van der Waals surface area contributed by atoms with Crippen molar-refractivity contribution in [3.05, 3.63) is 89.5 Å². The Bertz CT molecular complexity index is 1140. The predicted octanol–water partition coefficient (Wildman–Crippen LogP) is 4.45. The summed E-state index contributed by atoms with van der Waals surface area (Å²) in [5.41, 5.74) is 5.48. The van der Waals surface area contributed by atoms with Gasteiger partial charge in [-0.15, -0.1) is 0 Å². The van der Waals surface area contributed by atoms with Crippen molar-refractivity contribution >= 4 is 17.5 Å². The lowest BCUT2D eigenvalue weighted by atomic mass is 10.0. The van der Waals surface area contributed by atoms with E-state index in [1.54, 1.807) is 29.2 Å². The van der Waals surface area contributed by atoms with E-state index in [2.05, 4.69) is 21.4 Å². The molecule has 1 aliphatic rings. The molecule has 1 aromatic heterocycles. The van der Waals surface area contributed by atoms with Crippen molar-refractivity contribution in [1.29, 1.82) is 0 Å². The van der Waals surface area contributed by atoms with Gasteiger partial charge in [-0.2, -0.15) is 0 Å². The Balaban J connectivity index is 1.52. The fraction of sp³-hybridized carbons (Fsp3) is 0.357. The van der Waals surface area contributed by atoms with Crippen molar-refractivity contribution in [2.45, 2.75) is 39.3 Å². The van der Waals surface area contributed by atoms with E-state index in [0.29, 0.717) is 18.7 Å². The zero-order valence-electron chi connectivity index (χ0n) is 20.9. The van der Waals surface area contributed by atoms with Gasteiger partial charge >= 0.3 is 0 Å². The topological polar surface area (TPSA) is 71.7 Å². The van der Waals surface area contributed by atoms with Crippen LogP contribution < -0.4 is 10.4 Å². The van der Waals surface area contributed by atoms with Crippen molar-refractivity contribution in [1.82, 2.24) is 20.2 Å². The molecule has 1 saturated heterocycles. The number of nitrogens with zero attached hydrogens (tertiary/aromatic N) is 3. The van der Waals surface area contributed by atoms with E-state index in [9.17, 15) is 14.0 Å². The number of likely N-dealkylation sites (tertiary alicyclic amines) is 1. The normalized spacial score (nSPS) is 14.4. The molecule has 190 valence electrons. The number of nitrogens with one attached hydrogen (secondary N) is 2. The molecule has 3 aromatic rings. The molecule has 0 saturated carbocycles. The molecule has 0 spiro atoms. The van der Waals surface area contributed by atoms with Crippen LogP contribution in [0.25, 0.3) is 0 Å². The van der Waals surface area contributed by atoms with Crippen LogP contribution in [-0.4, -0.2) is 58.8 Å². The first-order valence-corrected chi connectivity index (χ1v) is 12.6. The maximum atomic E-state index is 14.3. The summed E-state index contributed by atoms with van der Waals surface area (Å²) in [4.78, 5) is 33.2. The van der Waals surface area contributed by atoms with Gasteiger partial charge in [0.15, 0.2) is 0 Å². The van der Waals surface area contributed by atoms with Crippen LogP contribution in [0.3, 0.4) is 0 Å². The van der Waals surface area contributed by atoms with Crippen molar-refractivity contribution < 1.29 is 14.0 Å². The molecule has 0 unspecified atom stereocenters. The monoisotopic (exact) mass is 491 g/mol. The summed E-state index contributed by atoms with van der Waals surface area (Å²) in [6.07, 6.45) is 3.59. The molecule has 2 N–H and O–H groups in total. The van der Waals surface area contributed by atoms with E-state index >= 15 is 0 Å². The van der Waals surface area contributed by atoms with Crippen LogP contribution in [0.4, 0.5) is 10.1 Å². The number of anilines is 1. The van der Waals surface area contributed by atoms with Crippen LogP contribution in [0.1, 0.15) is 53.1 Å². The van der Waals surface area contributed by atoms with Gasteiger partial charge in [-0.05, 0) is 75.2 Å². The molecular weight excluding hydrogens is 457 g/mol. The Morgan fingerprint density at radius 3 is 2.31 bits per heavy atom. The van der Waals surface area contributed by atoms with Crippen LogP contribution in [0, 0.1) is 5.82 Å². The molecule has 2 amide bonds. The number of amides is 2. The number of hydrogen-bond donors (Lipinski definition) is 2. The van der Waals surface area contributed by atoms with Crippen LogP contribution in [0.5, 0.6) is 0 Å². The molecule has 7 nitrogen and oxygen atoms in total. The summed E-state index contributed by atoms with van der Waals surface area (Å²) in [5.74, 6) is -1.08. The van der Waals surface area contributed by atoms with E-state index in [1.165, 1.54) is 17.8 Å². The quantitative estimate of drug-likeness (QED) is 0.434. The number of aromatic nitrogens is 1. The number of hydrogen-bond acceptors (Lipinski definition) is 4. The van der Waals surface area contributed by atoms with Gasteiger partial charge in [-0.1, -0.05) is 12.1 Å². The molecule has 8 heteroatoms. The molecule has 2 aromatic carbocycles. The largest absolute Gasteiger partial charge is 0.364 e. The van der Waals surface area contributed by atoms with Gasteiger partial charge < -0.3 is 9.88 Å². The van der Waals surface area contributed by atoms with Gasteiger partial charge in [0.25, 0.3) is 11.8 Å². The molecule has 0 atom stereocenters. The van der Waals surface area contributed by atoms with Crippen molar-refractivity contribution in [2.75, 3.05) is 31.2 Å². The molecule has 1 aliphatic heterocycles. The minimum atomic E-state index is -0.559. The SMILES string of the molecule is CCN(CC)C(=O)c1ccc(N(NC(=O)c2ccccc2F)C2CCN(Cc3ccc[nH]3)CC2)cc1. The van der Waals surface area contributed by atoms with Crippen molar-refractivity contribution in [3.8, 4) is 0 Å². The lowest BCUT2D eigenvalue weighted by molar-refractivity contribution is 0.0772. The molecule has 0 aliphatic carbocycles. The fourth-order valence-corrected chi connectivity index (χ4v) is 4.68. The molecule has 2 heterocycles. The smallest absolute Gasteiger partial charge is 0.272 e. The number of H-pyrrole nitrogens is 1. The van der Waals surface area contributed by atoms with Crippen molar-refractivity contribution in [2.24, 2.45) is 0 Å². The number of hydrazine groups is 1. The molecular formula is C28H34FN5O2. The Morgan fingerprint density at radius 1 is 1.00 bits per heavy atom. The van der Waals surface area contributed by atoms with Gasteiger partial charge in [0, 0.05) is 50.2 Å². The van der Waals surface area contributed by atoms with Gasteiger partial charge in [0.1, 0.15) is 5.82 Å². The predicted molar refractivity (Wildman–Crippen MR) is 139 cm³/mol. The van der Waals surface area contributed by atoms with Crippen LogP contribution in [-0.2, 0) is 6.54 Å². The second kappa shape index (κ2) is 11.9. The Kier molecular flexibility index (Phi) is 8.38. The minimum Gasteiger partial charge on any atom is -0.364 e. The first-order valence-electron chi connectivity index (χ1n) is 12.6. The summed E-state index contributed by atoms with van der Waals surface area (Å²) in [5, 5.41) is 1.84. The molecule has 0 bridgehead atoms. The highest BCUT2D eigenvalue weighted by atomic mass is 19.1. The fourth-order valence-electron chi connectivity index (χ4n) is 4.68. The molecule has 0 radical (unpaired) electrons. The number of aromatic amines is 1. The van der Waals surface area contributed by atoms with Gasteiger partial charge in [-0.3, -0.25) is 24.9 Å². The molecule has 4 rings (SSSR count). The first kappa shape index (κ1) is 25.4. The maximum absolute atomic E-state index is 14.3. The number of carbonyl (C=O) groups excluding carboxylic acids is 2. The number of carbonyl (C=O) groups is 2. The highest BCUT2D eigenvalue weighted by Crippen LogP contribution is 2.24. The van der Waals surface area contributed by atoms with Gasteiger partial charge in [-0.25, -0.2) is 4.39 Å². The minimum absolute atomic E-state index is 0.0000114. The zero-order valence-corrected chi connectivity index (χ0v) is 20.9. The number of benzene rings is 2. The zero-order chi connectivity index (χ0) is 25.5. The van der Waals surface area contributed by atoms with E-state index in [-0.39, 0.29) is 17.5 Å². The van der Waals surface area contributed by atoms with Crippen LogP contribution in [0.2, 0.25) is 0 Å². The number of halogens is 1. The van der Waals surface area contributed by atoms with Crippen LogP contribution >= 0.6 is 0 Å². The number of piperidine rings is 1. The first-order chi connectivity index (χ1) is 17.5. The lowest BCUT2D eigenvalue weighted by Gasteiger charge is -2.39.